The average Bonchev–Trinajstić information content (AvgIpc) is 3.43. The van der Waals surface area contributed by atoms with Crippen molar-refractivity contribution in [1.82, 2.24) is 0 Å². The fourth-order valence-electron chi connectivity index (χ4n) is 5.92. The number of cyclic esters (lactones) is 1. The van der Waals surface area contributed by atoms with E-state index in [0.29, 0.717) is 11.4 Å². The second kappa shape index (κ2) is 10.2. The molecule has 0 unspecified atom stereocenters. The maximum atomic E-state index is 13.8. The topological polar surface area (TPSA) is 59.1 Å². The summed E-state index contributed by atoms with van der Waals surface area (Å²) in [5.41, 5.74) is 10.3. The van der Waals surface area contributed by atoms with E-state index in [2.05, 4.69) is 65.8 Å². The monoisotopic (exact) mass is 534 g/mol. The molecule has 0 bridgehead atoms. The van der Waals surface area contributed by atoms with Gasteiger partial charge in [-0.2, -0.15) is 0 Å². The molecule has 40 heavy (non-hydrogen) atoms. The molecule has 0 atom stereocenters. The number of hydrogen-bond donors (Lipinski definition) is 0. The minimum absolute atomic E-state index is 0.106. The van der Waals surface area contributed by atoms with Crippen LogP contribution in [0.3, 0.4) is 0 Å². The molecular formula is C34H34N2O4. The van der Waals surface area contributed by atoms with Crippen molar-refractivity contribution in [3.8, 4) is 0 Å². The molecule has 3 aromatic rings. The Labute approximate surface area is 235 Å². The highest BCUT2D eigenvalue weighted by Crippen LogP contribution is 2.44. The van der Waals surface area contributed by atoms with Gasteiger partial charge in [0.1, 0.15) is 17.0 Å². The molecule has 6 heteroatoms. The lowest BCUT2D eigenvalue weighted by atomic mass is 9.99. The van der Waals surface area contributed by atoms with Gasteiger partial charge in [0.05, 0.1) is 18.5 Å². The summed E-state index contributed by atoms with van der Waals surface area (Å²) in [7, 11) is 1.32. The minimum atomic E-state index is -0.634. The molecule has 2 heterocycles. The lowest BCUT2D eigenvalue weighted by Crippen LogP contribution is -2.29. The van der Waals surface area contributed by atoms with Crippen molar-refractivity contribution in [2.75, 3.05) is 16.9 Å². The van der Waals surface area contributed by atoms with Gasteiger partial charge in [-0.3, -0.25) is 0 Å². The molecule has 5 rings (SSSR count). The molecule has 0 saturated heterocycles. The number of esters is 2. The average molecular weight is 535 g/mol. The van der Waals surface area contributed by atoms with Gasteiger partial charge in [0.2, 0.25) is 0 Å². The van der Waals surface area contributed by atoms with Crippen LogP contribution in [0.1, 0.15) is 44.5 Å². The van der Waals surface area contributed by atoms with Crippen LogP contribution >= 0.6 is 0 Å². The molecule has 6 nitrogen and oxygen atoms in total. The van der Waals surface area contributed by atoms with Crippen molar-refractivity contribution in [1.29, 1.82) is 0 Å². The number of hydrogen-bond acceptors (Lipinski definition) is 6. The zero-order valence-corrected chi connectivity index (χ0v) is 24.3. The lowest BCUT2D eigenvalue weighted by Gasteiger charge is -2.30. The molecule has 204 valence electrons. The number of aryl methyl sites for hydroxylation is 7. The first kappa shape index (κ1) is 27.0. The summed E-state index contributed by atoms with van der Waals surface area (Å²) in [6, 6.07) is 16.0. The predicted molar refractivity (Wildman–Crippen MR) is 159 cm³/mol. The summed E-state index contributed by atoms with van der Waals surface area (Å²) in [6.45, 7) is 14.3. The van der Waals surface area contributed by atoms with Gasteiger partial charge in [0, 0.05) is 18.0 Å². The van der Waals surface area contributed by atoms with Crippen molar-refractivity contribution >= 4 is 29.1 Å². The fraction of sp³-hybridized carbons (Fsp3) is 0.235. The van der Waals surface area contributed by atoms with Crippen molar-refractivity contribution in [3.05, 3.63) is 122 Å². The SMILES string of the molecule is COC(=O)C1=C(c2ccc(C)cc2)OC(=O)C1=C1N(c2c(C)cc(C)cc2C)C=CN1c1c(C)cc(C)cc1C. The zero-order chi connectivity index (χ0) is 28.9. The Morgan fingerprint density at radius 1 is 0.700 bits per heavy atom. The van der Waals surface area contributed by atoms with Crippen LogP contribution in [0.15, 0.2) is 77.9 Å². The van der Waals surface area contributed by atoms with E-state index < -0.39 is 11.9 Å². The Hall–Kier alpha value is -4.58. The van der Waals surface area contributed by atoms with Crippen LogP contribution in [-0.2, 0) is 19.1 Å². The van der Waals surface area contributed by atoms with Crippen LogP contribution in [0.25, 0.3) is 5.76 Å². The largest absolute Gasteiger partial charge is 0.465 e. The summed E-state index contributed by atoms with van der Waals surface area (Å²) < 4.78 is 11.1. The Kier molecular flexibility index (Phi) is 6.88. The van der Waals surface area contributed by atoms with Crippen LogP contribution in [0.4, 0.5) is 11.4 Å². The molecule has 0 N–H and O–H groups in total. The normalized spacial score (nSPS) is 14.9. The van der Waals surface area contributed by atoms with Crippen molar-refractivity contribution in [2.24, 2.45) is 0 Å². The number of rotatable bonds is 4. The highest BCUT2D eigenvalue weighted by molar-refractivity contribution is 6.18. The summed E-state index contributed by atoms with van der Waals surface area (Å²) in [5.74, 6) is -0.515. The predicted octanol–water partition coefficient (Wildman–Crippen LogP) is 7.00. The lowest BCUT2D eigenvalue weighted by molar-refractivity contribution is -0.136. The van der Waals surface area contributed by atoms with E-state index in [1.165, 1.54) is 7.11 Å². The summed E-state index contributed by atoms with van der Waals surface area (Å²) >= 11 is 0. The molecule has 0 aliphatic carbocycles. The summed E-state index contributed by atoms with van der Waals surface area (Å²) in [6.07, 6.45) is 3.88. The van der Waals surface area contributed by atoms with Crippen LogP contribution < -0.4 is 9.80 Å². The molecule has 0 spiro atoms. The van der Waals surface area contributed by atoms with E-state index in [1.807, 2.05) is 53.4 Å². The first-order chi connectivity index (χ1) is 19.0. The van der Waals surface area contributed by atoms with Crippen LogP contribution in [0, 0.1) is 48.5 Å². The number of nitrogens with zero attached hydrogens (tertiary/aromatic N) is 2. The van der Waals surface area contributed by atoms with Gasteiger partial charge >= 0.3 is 11.9 Å². The Bertz CT molecular complexity index is 1540. The maximum absolute atomic E-state index is 13.8. The second-order valence-corrected chi connectivity index (χ2v) is 10.7. The Balaban J connectivity index is 1.86. The van der Waals surface area contributed by atoms with Gasteiger partial charge in [-0.05, 0) is 70.7 Å². The van der Waals surface area contributed by atoms with E-state index in [9.17, 15) is 9.59 Å². The highest BCUT2D eigenvalue weighted by atomic mass is 16.6. The standard InChI is InChI=1S/C34H34N2O4/c1-19-9-11-26(12-10-19)31-27(33(37)39-8)28(34(38)40-31)32-35(29-22(4)15-20(2)16-23(29)5)13-14-36(32)30-24(6)17-21(3)18-25(30)7/h9-18H,1-8H3. The van der Waals surface area contributed by atoms with Crippen LogP contribution in [-0.4, -0.2) is 19.0 Å². The number of ether oxygens (including phenoxy) is 2. The van der Waals surface area contributed by atoms with E-state index in [1.54, 1.807) is 0 Å². The van der Waals surface area contributed by atoms with Crippen LogP contribution in [0.5, 0.6) is 0 Å². The van der Waals surface area contributed by atoms with Gasteiger partial charge in [0.15, 0.2) is 5.76 Å². The molecular weight excluding hydrogens is 500 g/mol. The van der Waals surface area contributed by atoms with Crippen molar-refractivity contribution < 1.29 is 19.1 Å². The Morgan fingerprint density at radius 3 is 1.57 bits per heavy atom. The van der Waals surface area contributed by atoms with Crippen LogP contribution in [0.2, 0.25) is 0 Å². The van der Waals surface area contributed by atoms with E-state index in [-0.39, 0.29) is 16.9 Å². The first-order valence-corrected chi connectivity index (χ1v) is 13.3. The molecule has 2 aliphatic heterocycles. The third-order valence-corrected chi connectivity index (χ3v) is 7.38. The van der Waals surface area contributed by atoms with Gasteiger partial charge in [-0.1, -0.05) is 65.2 Å². The molecule has 0 amide bonds. The van der Waals surface area contributed by atoms with E-state index in [0.717, 1.165) is 50.3 Å². The maximum Gasteiger partial charge on any atom is 0.348 e. The zero-order valence-electron chi connectivity index (χ0n) is 24.3. The molecule has 0 radical (unpaired) electrons. The molecule has 0 aromatic heterocycles. The van der Waals surface area contributed by atoms with Crippen molar-refractivity contribution in [3.63, 3.8) is 0 Å². The summed E-state index contributed by atoms with van der Waals surface area (Å²) in [4.78, 5) is 31.2. The molecule has 0 fully saturated rings. The molecule has 0 saturated carbocycles. The quantitative estimate of drug-likeness (QED) is 0.265. The third kappa shape index (κ3) is 4.49. The van der Waals surface area contributed by atoms with E-state index in [4.69, 9.17) is 9.47 Å². The van der Waals surface area contributed by atoms with Gasteiger partial charge in [0.25, 0.3) is 0 Å². The first-order valence-electron chi connectivity index (χ1n) is 13.3. The number of benzene rings is 3. The third-order valence-electron chi connectivity index (χ3n) is 7.38. The minimum Gasteiger partial charge on any atom is -0.465 e. The number of anilines is 2. The highest BCUT2D eigenvalue weighted by Gasteiger charge is 2.43. The van der Waals surface area contributed by atoms with E-state index >= 15 is 0 Å². The van der Waals surface area contributed by atoms with Gasteiger partial charge in [-0.25, -0.2) is 9.59 Å². The van der Waals surface area contributed by atoms with Gasteiger partial charge in [-0.15, -0.1) is 0 Å². The number of carbonyl (C=O) groups is 2. The smallest absolute Gasteiger partial charge is 0.348 e. The summed E-state index contributed by atoms with van der Waals surface area (Å²) in [5, 5.41) is 0. The Morgan fingerprint density at radius 2 is 1.15 bits per heavy atom. The second-order valence-electron chi connectivity index (χ2n) is 10.7. The van der Waals surface area contributed by atoms with Crippen molar-refractivity contribution in [2.45, 2.75) is 48.5 Å². The number of methoxy groups -OCH3 is 1. The number of carbonyl (C=O) groups excluding carboxylic acids is 2. The van der Waals surface area contributed by atoms with Gasteiger partial charge < -0.3 is 19.3 Å². The molecule has 3 aromatic carbocycles. The molecule has 2 aliphatic rings. The fourth-order valence-corrected chi connectivity index (χ4v) is 5.92.